The number of halogens is 2. The van der Waals surface area contributed by atoms with Crippen molar-refractivity contribution in [1.29, 1.82) is 0 Å². The lowest BCUT2D eigenvalue weighted by Gasteiger charge is -2.21. The van der Waals surface area contributed by atoms with Gasteiger partial charge in [-0.05, 0) is 48.5 Å². The van der Waals surface area contributed by atoms with E-state index in [2.05, 4.69) is 21.2 Å². The van der Waals surface area contributed by atoms with Crippen LogP contribution in [0.1, 0.15) is 13.3 Å². The molecule has 2 aromatic rings. The average Bonchev–Trinajstić information content (AvgIpc) is 2.51. The second-order valence-corrected chi connectivity index (χ2v) is 5.87. The molecule has 0 unspecified atom stereocenters. The predicted molar refractivity (Wildman–Crippen MR) is 91.8 cm³/mol. The van der Waals surface area contributed by atoms with E-state index in [1.165, 1.54) is 36.1 Å². The first-order valence-corrected chi connectivity index (χ1v) is 7.84. The number of nitrogens with one attached hydrogen (secondary N) is 1. The fraction of sp³-hybridized carbons (Fsp3) is 0.176. The van der Waals surface area contributed by atoms with Crippen LogP contribution in [-0.4, -0.2) is 18.4 Å². The molecule has 0 spiro atoms. The van der Waals surface area contributed by atoms with Crippen LogP contribution >= 0.6 is 15.9 Å². The summed E-state index contributed by atoms with van der Waals surface area (Å²) in [5.41, 5.74) is 1.25. The van der Waals surface area contributed by atoms with Gasteiger partial charge in [-0.25, -0.2) is 4.39 Å². The number of nitrogens with zero attached hydrogens (tertiary/aromatic N) is 1. The molecule has 0 aromatic heterocycles. The van der Waals surface area contributed by atoms with Crippen LogP contribution < -0.4 is 10.2 Å². The molecule has 0 saturated carbocycles. The van der Waals surface area contributed by atoms with Gasteiger partial charge in [0.15, 0.2) is 0 Å². The maximum atomic E-state index is 13.0. The molecule has 120 valence electrons. The molecule has 2 rings (SSSR count). The monoisotopic (exact) mass is 378 g/mol. The number of anilines is 2. The van der Waals surface area contributed by atoms with Crippen molar-refractivity contribution < 1.29 is 14.0 Å². The van der Waals surface area contributed by atoms with Crippen molar-refractivity contribution in [2.24, 2.45) is 0 Å². The van der Waals surface area contributed by atoms with E-state index in [9.17, 15) is 14.0 Å². The van der Waals surface area contributed by atoms with Crippen molar-refractivity contribution in [2.45, 2.75) is 13.3 Å². The molecule has 0 saturated heterocycles. The zero-order valence-electron chi connectivity index (χ0n) is 12.6. The SMILES string of the molecule is CC(=O)N(CCC(=O)Nc1ccc(Br)cc1)c1ccc(F)cc1. The maximum Gasteiger partial charge on any atom is 0.226 e. The lowest BCUT2D eigenvalue weighted by molar-refractivity contribution is -0.117. The third-order valence-electron chi connectivity index (χ3n) is 3.21. The van der Waals surface area contributed by atoms with Gasteiger partial charge in [-0.15, -0.1) is 0 Å². The van der Waals surface area contributed by atoms with E-state index >= 15 is 0 Å². The van der Waals surface area contributed by atoms with Crippen molar-refractivity contribution in [2.75, 3.05) is 16.8 Å². The third-order valence-corrected chi connectivity index (χ3v) is 3.74. The molecule has 0 atom stereocenters. The topological polar surface area (TPSA) is 49.4 Å². The molecule has 2 aromatic carbocycles. The van der Waals surface area contributed by atoms with Crippen LogP contribution in [0.25, 0.3) is 0 Å². The Morgan fingerprint density at radius 1 is 1.09 bits per heavy atom. The summed E-state index contributed by atoms with van der Waals surface area (Å²) in [6.07, 6.45) is 0.146. The molecule has 0 radical (unpaired) electrons. The zero-order valence-corrected chi connectivity index (χ0v) is 14.1. The van der Waals surface area contributed by atoms with Crippen LogP contribution in [0.3, 0.4) is 0 Å². The summed E-state index contributed by atoms with van der Waals surface area (Å²) in [7, 11) is 0. The highest BCUT2D eigenvalue weighted by Crippen LogP contribution is 2.17. The quantitative estimate of drug-likeness (QED) is 0.855. The largest absolute Gasteiger partial charge is 0.326 e. The van der Waals surface area contributed by atoms with Gasteiger partial charge in [-0.2, -0.15) is 0 Å². The fourth-order valence-corrected chi connectivity index (χ4v) is 2.32. The smallest absolute Gasteiger partial charge is 0.226 e. The lowest BCUT2D eigenvalue weighted by Crippen LogP contribution is -2.31. The number of benzene rings is 2. The van der Waals surface area contributed by atoms with Crippen LogP contribution in [-0.2, 0) is 9.59 Å². The second-order valence-electron chi connectivity index (χ2n) is 4.95. The summed E-state index contributed by atoms with van der Waals surface area (Å²) in [5.74, 6) is -0.765. The number of hydrogen-bond donors (Lipinski definition) is 1. The summed E-state index contributed by atoms with van der Waals surface area (Å²) < 4.78 is 13.9. The van der Waals surface area contributed by atoms with E-state index < -0.39 is 0 Å². The molecule has 2 amide bonds. The molecule has 1 N–H and O–H groups in total. The second kappa shape index (κ2) is 7.87. The first-order chi connectivity index (χ1) is 11.0. The summed E-state index contributed by atoms with van der Waals surface area (Å²) in [4.78, 5) is 25.2. The standard InChI is InChI=1S/C17H16BrFN2O2/c1-12(22)21(16-8-4-14(19)5-9-16)11-10-17(23)20-15-6-2-13(18)3-7-15/h2-9H,10-11H2,1H3,(H,20,23). The Kier molecular flexibility index (Phi) is 5.87. The molecular formula is C17H16BrFN2O2. The van der Waals surface area contributed by atoms with Crippen molar-refractivity contribution in [1.82, 2.24) is 0 Å². The fourth-order valence-electron chi connectivity index (χ4n) is 2.06. The van der Waals surface area contributed by atoms with Crippen LogP contribution in [0.4, 0.5) is 15.8 Å². The molecule has 0 aliphatic heterocycles. The maximum absolute atomic E-state index is 13.0. The molecule has 0 bridgehead atoms. The number of carbonyl (C=O) groups is 2. The highest BCUT2D eigenvalue weighted by atomic mass is 79.9. The van der Waals surface area contributed by atoms with Gasteiger partial charge in [0.2, 0.25) is 11.8 Å². The molecule has 0 aliphatic rings. The van der Waals surface area contributed by atoms with Crippen molar-refractivity contribution in [3.8, 4) is 0 Å². The molecule has 0 fully saturated rings. The van der Waals surface area contributed by atoms with E-state index in [0.717, 1.165) is 4.47 Å². The van der Waals surface area contributed by atoms with Crippen LogP contribution in [0.15, 0.2) is 53.0 Å². The zero-order chi connectivity index (χ0) is 16.8. The molecule has 0 heterocycles. The molecular weight excluding hydrogens is 363 g/mol. The van der Waals surface area contributed by atoms with Crippen LogP contribution in [0, 0.1) is 5.82 Å². The minimum absolute atomic E-state index is 0.146. The van der Waals surface area contributed by atoms with Crippen LogP contribution in [0.5, 0.6) is 0 Å². The summed E-state index contributed by atoms with van der Waals surface area (Å²) >= 11 is 3.32. The van der Waals surface area contributed by atoms with Gasteiger partial charge in [0, 0.05) is 35.7 Å². The highest BCUT2D eigenvalue weighted by Gasteiger charge is 2.13. The molecule has 23 heavy (non-hydrogen) atoms. The first-order valence-electron chi connectivity index (χ1n) is 7.05. The van der Waals surface area contributed by atoms with Crippen molar-refractivity contribution in [3.05, 3.63) is 58.8 Å². The molecule has 4 nitrogen and oxygen atoms in total. The Morgan fingerprint density at radius 2 is 1.70 bits per heavy atom. The van der Waals surface area contributed by atoms with Crippen LogP contribution in [0.2, 0.25) is 0 Å². The summed E-state index contributed by atoms with van der Waals surface area (Å²) in [6.45, 7) is 1.64. The van der Waals surface area contributed by atoms with Gasteiger partial charge >= 0.3 is 0 Å². The van der Waals surface area contributed by atoms with Crippen molar-refractivity contribution in [3.63, 3.8) is 0 Å². The first kappa shape index (κ1) is 17.1. The number of carbonyl (C=O) groups excluding carboxylic acids is 2. The Bertz CT molecular complexity index is 687. The van der Waals surface area contributed by atoms with Gasteiger partial charge in [-0.1, -0.05) is 15.9 Å². The van der Waals surface area contributed by atoms with E-state index in [0.29, 0.717) is 11.4 Å². The normalized spacial score (nSPS) is 10.2. The van der Waals surface area contributed by atoms with Gasteiger partial charge in [0.25, 0.3) is 0 Å². The Hall–Kier alpha value is -2.21. The number of hydrogen-bond acceptors (Lipinski definition) is 2. The van der Waals surface area contributed by atoms with E-state index in [1.807, 2.05) is 12.1 Å². The third kappa shape index (κ3) is 5.17. The van der Waals surface area contributed by atoms with Gasteiger partial charge < -0.3 is 10.2 Å². The average molecular weight is 379 g/mol. The summed E-state index contributed by atoms with van der Waals surface area (Å²) in [5, 5.41) is 2.77. The van der Waals surface area contributed by atoms with E-state index in [-0.39, 0.29) is 30.6 Å². The summed E-state index contributed by atoms with van der Waals surface area (Å²) in [6, 6.07) is 12.8. The molecule has 0 aliphatic carbocycles. The predicted octanol–water partition coefficient (Wildman–Crippen LogP) is 3.97. The van der Waals surface area contributed by atoms with Gasteiger partial charge in [0.1, 0.15) is 5.82 Å². The van der Waals surface area contributed by atoms with Gasteiger partial charge in [0.05, 0.1) is 0 Å². The Labute approximate surface area is 142 Å². The number of amides is 2. The molecule has 6 heteroatoms. The van der Waals surface area contributed by atoms with Crippen molar-refractivity contribution >= 4 is 39.1 Å². The Morgan fingerprint density at radius 3 is 2.26 bits per heavy atom. The lowest BCUT2D eigenvalue weighted by atomic mass is 10.2. The van der Waals surface area contributed by atoms with E-state index in [1.54, 1.807) is 12.1 Å². The van der Waals surface area contributed by atoms with E-state index in [4.69, 9.17) is 0 Å². The minimum atomic E-state index is -0.370. The Balaban J connectivity index is 1.95. The highest BCUT2D eigenvalue weighted by molar-refractivity contribution is 9.10. The van der Waals surface area contributed by atoms with Gasteiger partial charge in [-0.3, -0.25) is 9.59 Å². The minimum Gasteiger partial charge on any atom is -0.326 e. The number of rotatable bonds is 5.